The van der Waals surface area contributed by atoms with Crippen LogP contribution in [-0.4, -0.2) is 26.6 Å². The van der Waals surface area contributed by atoms with Crippen molar-refractivity contribution in [1.82, 2.24) is 20.6 Å². The monoisotopic (exact) mass is 181 g/mol. The number of nitrogens with zero attached hydrogens (tertiary/aromatic N) is 3. The smallest absolute Gasteiger partial charge is 0.367 e. The van der Waals surface area contributed by atoms with E-state index in [1.807, 2.05) is 0 Å². The van der Waals surface area contributed by atoms with Gasteiger partial charge in [0.2, 0.25) is 0 Å². The fourth-order valence-electron chi connectivity index (χ4n) is 0.301. The topological polar surface area (TPSA) is 107 Å². The van der Waals surface area contributed by atoms with Gasteiger partial charge < -0.3 is 4.84 Å². The summed E-state index contributed by atoms with van der Waals surface area (Å²) < 4.78 is 0. The SMILES string of the molecule is NOC(=O)c1nn[nH]n1.[Cr]. The van der Waals surface area contributed by atoms with Crippen molar-refractivity contribution >= 4 is 5.97 Å². The second-order valence-corrected chi connectivity index (χ2v) is 1.14. The quantitative estimate of drug-likeness (QED) is 0.496. The molecule has 0 saturated carbocycles. The zero-order valence-corrected chi connectivity index (χ0v) is 5.92. The van der Waals surface area contributed by atoms with Gasteiger partial charge in [-0.2, -0.15) is 11.1 Å². The average Bonchev–Trinajstić information content (AvgIpc) is 2.37. The Kier molecular flexibility index (Phi) is 3.56. The Morgan fingerprint density at radius 3 is 2.80 bits per heavy atom. The van der Waals surface area contributed by atoms with E-state index >= 15 is 0 Å². The van der Waals surface area contributed by atoms with Crippen LogP contribution in [0.25, 0.3) is 0 Å². The summed E-state index contributed by atoms with van der Waals surface area (Å²) in [5.74, 6) is 3.49. The summed E-state index contributed by atoms with van der Waals surface area (Å²) in [6, 6.07) is 0. The van der Waals surface area contributed by atoms with Crippen LogP contribution < -0.4 is 5.90 Å². The molecule has 0 aliphatic rings. The normalized spacial score (nSPS) is 8.10. The molecular formula is C2H3CrN5O2. The van der Waals surface area contributed by atoms with Crippen LogP contribution in [-0.2, 0) is 22.2 Å². The van der Waals surface area contributed by atoms with Crippen LogP contribution in [0.2, 0.25) is 0 Å². The first-order chi connectivity index (χ1) is 4.34. The maximum atomic E-state index is 10.3. The van der Waals surface area contributed by atoms with Gasteiger partial charge in [-0.1, -0.05) is 0 Å². The second kappa shape index (κ2) is 3.95. The first kappa shape index (κ1) is 9.03. The second-order valence-electron chi connectivity index (χ2n) is 1.14. The molecule has 1 heterocycles. The Bertz CT molecular complexity index is 197. The van der Waals surface area contributed by atoms with Gasteiger partial charge in [0.1, 0.15) is 0 Å². The van der Waals surface area contributed by atoms with Crippen molar-refractivity contribution in [1.29, 1.82) is 0 Å². The maximum Gasteiger partial charge on any atom is 0.398 e. The van der Waals surface area contributed by atoms with Crippen molar-refractivity contribution in [3.8, 4) is 0 Å². The van der Waals surface area contributed by atoms with E-state index < -0.39 is 5.97 Å². The molecule has 0 spiro atoms. The van der Waals surface area contributed by atoms with E-state index in [-0.39, 0.29) is 23.2 Å². The summed E-state index contributed by atoms with van der Waals surface area (Å²) in [5.41, 5.74) is 0. The Balaban J connectivity index is 0.000000810. The minimum atomic E-state index is -0.816. The molecule has 0 unspecified atom stereocenters. The molecule has 1 aromatic heterocycles. The van der Waals surface area contributed by atoms with Crippen LogP contribution in [0.15, 0.2) is 0 Å². The molecule has 0 amide bonds. The predicted molar refractivity (Wildman–Crippen MR) is 23.8 cm³/mol. The van der Waals surface area contributed by atoms with E-state index in [0.717, 1.165) is 0 Å². The Morgan fingerprint density at radius 1 is 1.70 bits per heavy atom. The van der Waals surface area contributed by atoms with Crippen molar-refractivity contribution in [3.63, 3.8) is 0 Å². The number of aromatic amines is 1. The number of rotatable bonds is 1. The van der Waals surface area contributed by atoms with Crippen molar-refractivity contribution in [3.05, 3.63) is 5.82 Å². The maximum absolute atomic E-state index is 10.3. The van der Waals surface area contributed by atoms with Crippen molar-refractivity contribution in [2.24, 2.45) is 5.90 Å². The van der Waals surface area contributed by atoms with Gasteiger partial charge in [0.25, 0.3) is 5.82 Å². The van der Waals surface area contributed by atoms with Crippen LogP contribution >= 0.6 is 0 Å². The average molecular weight is 181 g/mol. The van der Waals surface area contributed by atoms with Crippen LogP contribution in [0, 0.1) is 0 Å². The van der Waals surface area contributed by atoms with Gasteiger partial charge in [-0.25, -0.2) is 4.79 Å². The first-order valence-corrected chi connectivity index (χ1v) is 1.99. The van der Waals surface area contributed by atoms with Gasteiger partial charge in [-0.15, -0.1) is 10.2 Å². The Labute approximate surface area is 66.0 Å². The van der Waals surface area contributed by atoms with Gasteiger partial charge in [0.15, 0.2) is 0 Å². The minimum Gasteiger partial charge on any atom is -0.367 e. The number of hydrogen-bond donors (Lipinski definition) is 2. The summed E-state index contributed by atoms with van der Waals surface area (Å²) in [6.45, 7) is 0. The number of nitrogens with one attached hydrogen (secondary N) is 1. The molecule has 8 heteroatoms. The minimum absolute atomic E-state index is 0. The summed E-state index contributed by atoms with van der Waals surface area (Å²) in [5, 5.41) is 11.7. The molecule has 3 N–H and O–H groups in total. The predicted octanol–water partition coefficient (Wildman–Crippen LogP) is -1.77. The van der Waals surface area contributed by atoms with E-state index in [1.54, 1.807) is 0 Å². The molecule has 0 atom stereocenters. The van der Waals surface area contributed by atoms with Gasteiger partial charge in [-0.05, 0) is 5.21 Å². The van der Waals surface area contributed by atoms with Crippen LogP contribution in [0.3, 0.4) is 0 Å². The molecule has 54 valence electrons. The zero-order valence-electron chi connectivity index (χ0n) is 4.64. The molecule has 0 bridgehead atoms. The molecule has 7 nitrogen and oxygen atoms in total. The molecular weight excluding hydrogens is 178 g/mol. The molecule has 1 rings (SSSR count). The summed E-state index contributed by atoms with van der Waals surface area (Å²) in [6.07, 6.45) is 0. The van der Waals surface area contributed by atoms with Gasteiger partial charge in [0.05, 0.1) is 0 Å². The Morgan fingerprint density at radius 2 is 2.40 bits per heavy atom. The van der Waals surface area contributed by atoms with Gasteiger partial charge >= 0.3 is 5.97 Å². The number of carbonyl (C=O) groups excluding carboxylic acids is 1. The standard InChI is InChI=1S/C2H3N5O2.Cr/c3-9-2(8)1-4-6-7-5-1;/h3H2,(H,4,5,6,7);. The van der Waals surface area contributed by atoms with E-state index in [0.29, 0.717) is 0 Å². The van der Waals surface area contributed by atoms with E-state index in [4.69, 9.17) is 0 Å². The molecule has 0 aromatic carbocycles. The fourth-order valence-corrected chi connectivity index (χ4v) is 0.301. The first-order valence-electron chi connectivity index (χ1n) is 1.99. The van der Waals surface area contributed by atoms with Crippen LogP contribution in [0.5, 0.6) is 0 Å². The molecule has 0 aliphatic carbocycles. The molecule has 10 heavy (non-hydrogen) atoms. The summed E-state index contributed by atoms with van der Waals surface area (Å²) in [7, 11) is 0. The van der Waals surface area contributed by atoms with E-state index in [1.165, 1.54) is 0 Å². The number of tetrazole rings is 1. The largest absolute Gasteiger partial charge is 0.398 e. The zero-order chi connectivity index (χ0) is 6.69. The van der Waals surface area contributed by atoms with Crippen molar-refractivity contribution in [2.75, 3.05) is 0 Å². The number of H-pyrrole nitrogens is 1. The summed E-state index contributed by atoms with van der Waals surface area (Å²) >= 11 is 0. The summed E-state index contributed by atoms with van der Waals surface area (Å²) in [4.78, 5) is 14.1. The Hall–Kier alpha value is -0.968. The fraction of sp³-hybridized carbons (Fsp3) is 0. The molecule has 0 saturated heterocycles. The number of hydrogen-bond acceptors (Lipinski definition) is 6. The van der Waals surface area contributed by atoms with Gasteiger partial charge in [0, 0.05) is 17.4 Å². The van der Waals surface area contributed by atoms with Crippen molar-refractivity contribution in [2.45, 2.75) is 0 Å². The van der Waals surface area contributed by atoms with Crippen molar-refractivity contribution < 1.29 is 27.0 Å². The molecule has 0 fully saturated rings. The number of carbonyl (C=O) groups is 1. The molecule has 0 radical (unpaired) electrons. The van der Waals surface area contributed by atoms with E-state index in [2.05, 4.69) is 31.4 Å². The third-order valence-electron chi connectivity index (χ3n) is 0.635. The number of nitrogens with two attached hydrogens (primary N) is 1. The van der Waals surface area contributed by atoms with Crippen LogP contribution in [0.4, 0.5) is 0 Å². The van der Waals surface area contributed by atoms with E-state index in [9.17, 15) is 4.79 Å². The van der Waals surface area contributed by atoms with Crippen LogP contribution in [0.1, 0.15) is 10.6 Å². The third kappa shape index (κ3) is 1.77. The van der Waals surface area contributed by atoms with Gasteiger partial charge in [-0.3, -0.25) is 0 Å². The molecule has 0 aliphatic heterocycles. The number of aromatic nitrogens is 4. The molecule has 1 aromatic rings. The third-order valence-corrected chi connectivity index (χ3v) is 0.635.